The normalized spacial score (nSPS) is 12.7. The van der Waals surface area contributed by atoms with E-state index < -0.39 is 17.6 Å². The van der Waals surface area contributed by atoms with Gasteiger partial charge in [0.1, 0.15) is 0 Å². The highest BCUT2D eigenvalue weighted by Crippen LogP contribution is 2.22. The third-order valence-corrected chi connectivity index (χ3v) is 12.5. The monoisotopic (exact) mass is 440 g/mol. The smallest absolute Gasteiger partial charge is 0.374 e. The van der Waals surface area contributed by atoms with Gasteiger partial charge in [-0.15, -0.1) is 0 Å². The summed E-state index contributed by atoms with van der Waals surface area (Å²) in [7, 11) is -5.01. The molecule has 0 aliphatic heterocycles. The van der Waals surface area contributed by atoms with Gasteiger partial charge in [0.2, 0.25) is 0 Å². The predicted molar refractivity (Wildman–Crippen MR) is 118 cm³/mol. The van der Waals surface area contributed by atoms with Crippen molar-refractivity contribution in [1.82, 2.24) is 0 Å². The van der Waals surface area contributed by atoms with Crippen LogP contribution in [0.2, 0.25) is 24.2 Å². The van der Waals surface area contributed by atoms with Gasteiger partial charge in [0.25, 0.3) is 0 Å². The van der Waals surface area contributed by atoms with E-state index in [1.807, 2.05) is 41.5 Å². The van der Waals surface area contributed by atoms with Gasteiger partial charge in [-0.2, -0.15) is 0 Å². The van der Waals surface area contributed by atoms with E-state index >= 15 is 0 Å². The number of rotatable bonds is 20. The average molecular weight is 441 g/mol. The summed E-state index contributed by atoms with van der Waals surface area (Å²) in [6.07, 6.45) is 2.28. The van der Waals surface area contributed by atoms with Crippen LogP contribution in [0.5, 0.6) is 0 Å². The van der Waals surface area contributed by atoms with Gasteiger partial charge in [-0.05, 0) is 41.5 Å². The Hall–Kier alpha value is 0.411. The zero-order valence-electron chi connectivity index (χ0n) is 18.6. The van der Waals surface area contributed by atoms with Crippen LogP contribution in [0.4, 0.5) is 0 Å². The van der Waals surface area contributed by atoms with Gasteiger partial charge in [0.05, 0.1) is 0 Å². The van der Waals surface area contributed by atoms with E-state index in [-0.39, 0.29) is 9.52 Å². The molecule has 0 aromatic carbocycles. The quantitative estimate of drug-likeness (QED) is 0.212. The van der Waals surface area contributed by atoms with Gasteiger partial charge in [-0.3, -0.25) is 0 Å². The Morgan fingerprint density at radius 3 is 0.963 bits per heavy atom. The zero-order valence-corrected chi connectivity index (χ0v) is 22.1. The van der Waals surface area contributed by atoms with E-state index in [4.69, 9.17) is 26.6 Å². The lowest BCUT2D eigenvalue weighted by Gasteiger charge is -2.28. The van der Waals surface area contributed by atoms with Crippen LogP contribution in [-0.4, -0.2) is 66.8 Å². The standard InChI is InChI=1S/C18H44O6Si3/c1-7-19-26(20-8-2,21-9-3)17-13-15-25-16-14-18-27(22-10-4,23-11-5)24-12-6/h7-18,25H2,1-6H3. The molecule has 0 unspecified atom stereocenters. The van der Waals surface area contributed by atoms with Crippen molar-refractivity contribution in [3.05, 3.63) is 0 Å². The zero-order chi connectivity index (χ0) is 20.4. The summed E-state index contributed by atoms with van der Waals surface area (Å²) >= 11 is 0. The van der Waals surface area contributed by atoms with E-state index in [1.165, 1.54) is 12.1 Å². The summed E-state index contributed by atoms with van der Waals surface area (Å²) < 4.78 is 35.6. The molecule has 6 nitrogen and oxygen atoms in total. The van der Waals surface area contributed by atoms with Gasteiger partial charge < -0.3 is 26.6 Å². The van der Waals surface area contributed by atoms with Crippen molar-refractivity contribution < 1.29 is 26.6 Å². The van der Waals surface area contributed by atoms with Gasteiger partial charge in [0, 0.05) is 61.2 Å². The highest BCUT2D eigenvalue weighted by atomic mass is 28.4. The maximum atomic E-state index is 5.93. The fourth-order valence-electron chi connectivity index (χ4n) is 3.22. The number of hydrogen-bond acceptors (Lipinski definition) is 6. The van der Waals surface area contributed by atoms with Gasteiger partial charge in [-0.1, -0.05) is 24.9 Å². The molecule has 0 radical (unpaired) electrons. The first kappa shape index (κ1) is 27.4. The molecule has 0 bridgehead atoms. The summed E-state index contributed by atoms with van der Waals surface area (Å²) in [5.41, 5.74) is 0. The summed E-state index contributed by atoms with van der Waals surface area (Å²) in [4.78, 5) is 0. The summed E-state index contributed by atoms with van der Waals surface area (Å²) in [5.74, 6) is 0. The van der Waals surface area contributed by atoms with Crippen molar-refractivity contribution in [3.8, 4) is 0 Å². The van der Waals surface area contributed by atoms with Crippen molar-refractivity contribution in [2.45, 2.75) is 78.6 Å². The maximum Gasteiger partial charge on any atom is 0.500 e. The lowest BCUT2D eigenvalue weighted by Crippen LogP contribution is -2.46. The lowest BCUT2D eigenvalue weighted by atomic mass is 10.6. The summed E-state index contributed by atoms with van der Waals surface area (Å²) in [5, 5.41) is 0. The topological polar surface area (TPSA) is 55.4 Å². The Labute approximate surface area is 172 Å². The molecule has 0 aliphatic rings. The van der Waals surface area contributed by atoms with Crippen LogP contribution in [0.15, 0.2) is 0 Å². The highest BCUT2D eigenvalue weighted by Gasteiger charge is 2.40. The molecule has 27 heavy (non-hydrogen) atoms. The maximum absolute atomic E-state index is 5.93. The van der Waals surface area contributed by atoms with E-state index in [1.54, 1.807) is 0 Å². The van der Waals surface area contributed by atoms with Crippen molar-refractivity contribution in [2.24, 2.45) is 0 Å². The van der Waals surface area contributed by atoms with Gasteiger partial charge in [-0.25, -0.2) is 0 Å². The van der Waals surface area contributed by atoms with Crippen LogP contribution in [0.3, 0.4) is 0 Å². The van der Waals surface area contributed by atoms with Crippen LogP contribution >= 0.6 is 0 Å². The minimum Gasteiger partial charge on any atom is -0.374 e. The average Bonchev–Trinajstić information content (AvgIpc) is 2.62. The molecule has 9 heteroatoms. The van der Waals surface area contributed by atoms with Crippen LogP contribution in [0.1, 0.15) is 54.4 Å². The Morgan fingerprint density at radius 1 is 0.481 bits per heavy atom. The van der Waals surface area contributed by atoms with E-state index in [2.05, 4.69) is 0 Å². The summed E-state index contributed by atoms with van der Waals surface area (Å²) in [6.45, 7) is 16.0. The van der Waals surface area contributed by atoms with Crippen molar-refractivity contribution in [1.29, 1.82) is 0 Å². The van der Waals surface area contributed by atoms with E-state index in [0.717, 1.165) is 24.9 Å². The molecule has 164 valence electrons. The Morgan fingerprint density at radius 2 is 0.741 bits per heavy atom. The van der Waals surface area contributed by atoms with Crippen LogP contribution in [0.25, 0.3) is 0 Å². The molecular formula is C18H44O6Si3. The van der Waals surface area contributed by atoms with Crippen molar-refractivity contribution >= 4 is 27.1 Å². The predicted octanol–water partition coefficient (Wildman–Crippen LogP) is 3.87. The minimum atomic E-state index is -2.46. The molecule has 0 aromatic rings. The second kappa shape index (κ2) is 17.3. The lowest BCUT2D eigenvalue weighted by molar-refractivity contribution is 0.0705. The Balaban J connectivity index is 4.24. The molecule has 0 saturated carbocycles. The van der Waals surface area contributed by atoms with Crippen LogP contribution in [-0.2, 0) is 26.6 Å². The van der Waals surface area contributed by atoms with Crippen LogP contribution < -0.4 is 0 Å². The number of hydrogen-bond donors (Lipinski definition) is 0. The van der Waals surface area contributed by atoms with Gasteiger partial charge >= 0.3 is 17.6 Å². The molecule has 0 N–H and O–H groups in total. The highest BCUT2D eigenvalue weighted by molar-refractivity contribution is 6.61. The molecule has 0 aromatic heterocycles. The van der Waals surface area contributed by atoms with E-state index in [9.17, 15) is 0 Å². The van der Waals surface area contributed by atoms with Crippen molar-refractivity contribution in [3.63, 3.8) is 0 Å². The SMILES string of the molecule is CCO[Si](CCC[SiH2]CCC[Si](OCC)(OCC)OCC)(OCC)OCC. The van der Waals surface area contributed by atoms with E-state index in [0.29, 0.717) is 39.6 Å². The fraction of sp³-hybridized carbons (Fsp3) is 1.00. The minimum absolute atomic E-state index is 0.0991. The van der Waals surface area contributed by atoms with Crippen molar-refractivity contribution in [2.75, 3.05) is 39.6 Å². The Bertz CT molecular complexity index is 272. The largest absolute Gasteiger partial charge is 0.500 e. The molecule has 0 saturated heterocycles. The first-order chi connectivity index (χ1) is 13.1. The third-order valence-electron chi connectivity index (χ3n) is 4.15. The molecular weight excluding hydrogens is 396 g/mol. The third kappa shape index (κ3) is 11.9. The molecule has 0 amide bonds. The second-order valence-corrected chi connectivity index (χ2v) is 13.8. The Kier molecular flexibility index (Phi) is 17.5. The molecule has 0 rings (SSSR count). The molecule has 0 atom stereocenters. The van der Waals surface area contributed by atoms with Crippen LogP contribution in [0, 0.1) is 0 Å². The fourth-order valence-corrected chi connectivity index (χ4v) is 11.1. The molecule has 0 heterocycles. The molecule has 0 aliphatic carbocycles. The molecule has 0 spiro atoms. The second-order valence-electron chi connectivity index (χ2n) is 6.23. The first-order valence-electron chi connectivity index (χ1n) is 10.9. The molecule has 0 fully saturated rings. The van der Waals surface area contributed by atoms with Gasteiger partial charge in [0.15, 0.2) is 0 Å². The summed E-state index contributed by atoms with van der Waals surface area (Å²) in [6, 6.07) is 4.47. The first-order valence-corrected chi connectivity index (χ1v) is 16.8.